The Hall–Kier alpha value is -1.35. The predicted molar refractivity (Wildman–Crippen MR) is 83.7 cm³/mol. The van der Waals surface area contributed by atoms with Crippen molar-refractivity contribution >= 4 is 10.9 Å². The van der Waals surface area contributed by atoms with Crippen LogP contribution in [-0.2, 0) is 13.0 Å². The van der Waals surface area contributed by atoms with Crippen LogP contribution in [0.5, 0.6) is 0 Å². The first-order valence-corrected chi connectivity index (χ1v) is 7.70. The molecule has 2 aromatic rings. The van der Waals surface area contributed by atoms with E-state index in [9.17, 15) is 0 Å². The number of rotatable bonds is 3. The Bertz CT molecular complexity index is 626. The lowest BCUT2D eigenvalue weighted by Crippen LogP contribution is -2.50. The van der Waals surface area contributed by atoms with Crippen molar-refractivity contribution in [2.24, 2.45) is 11.1 Å². The Morgan fingerprint density at radius 1 is 1.25 bits per heavy atom. The summed E-state index contributed by atoms with van der Waals surface area (Å²) in [5.41, 5.74) is 9.23. The van der Waals surface area contributed by atoms with Gasteiger partial charge in [-0.15, -0.1) is 0 Å². The van der Waals surface area contributed by atoms with Crippen molar-refractivity contribution in [3.8, 4) is 0 Å². The molecule has 0 spiro atoms. The monoisotopic (exact) mass is 271 g/mol. The van der Waals surface area contributed by atoms with Gasteiger partial charge in [0.15, 0.2) is 0 Å². The highest BCUT2D eigenvalue weighted by Crippen LogP contribution is 2.46. The van der Waals surface area contributed by atoms with E-state index in [-0.39, 0.29) is 11.0 Å². The van der Waals surface area contributed by atoms with Crippen LogP contribution in [0.3, 0.4) is 0 Å². The maximum Gasteiger partial charge on any atom is 0.0721 e. The minimum absolute atomic E-state index is 0.122. The lowest BCUT2D eigenvalue weighted by molar-refractivity contribution is 0.205. The number of nitrogens with two attached hydrogens (primary N) is 1. The van der Waals surface area contributed by atoms with Crippen LogP contribution in [0.4, 0.5) is 0 Å². The van der Waals surface area contributed by atoms with Gasteiger partial charge < -0.3 is 5.73 Å². The van der Waals surface area contributed by atoms with Gasteiger partial charge in [-0.1, -0.05) is 38.5 Å². The van der Waals surface area contributed by atoms with Crippen LogP contribution in [0.1, 0.15) is 45.7 Å². The van der Waals surface area contributed by atoms with Crippen LogP contribution in [0.15, 0.2) is 24.3 Å². The summed E-state index contributed by atoms with van der Waals surface area (Å²) in [5.74, 6) is 0. The van der Waals surface area contributed by atoms with Gasteiger partial charge >= 0.3 is 0 Å². The van der Waals surface area contributed by atoms with Crippen LogP contribution >= 0.6 is 0 Å². The summed E-state index contributed by atoms with van der Waals surface area (Å²) >= 11 is 0. The molecule has 0 aliphatic heterocycles. The van der Waals surface area contributed by atoms with Crippen molar-refractivity contribution in [3.63, 3.8) is 0 Å². The zero-order chi connectivity index (χ0) is 14.4. The summed E-state index contributed by atoms with van der Waals surface area (Å²) in [6.07, 6.45) is 4.44. The van der Waals surface area contributed by atoms with Crippen LogP contribution in [0.2, 0.25) is 0 Å². The molecule has 20 heavy (non-hydrogen) atoms. The number of hydrogen-bond donors (Lipinski definition) is 1. The summed E-state index contributed by atoms with van der Waals surface area (Å²) in [6, 6.07) is 8.50. The van der Waals surface area contributed by atoms with Crippen LogP contribution < -0.4 is 5.73 Å². The first-order chi connectivity index (χ1) is 9.47. The third-order valence-electron chi connectivity index (χ3n) is 5.29. The van der Waals surface area contributed by atoms with E-state index in [0.717, 1.165) is 19.4 Å². The molecule has 108 valence electrons. The van der Waals surface area contributed by atoms with Gasteiger partial charge in [0.05, 0.1) is 11.2 Å². The van der Waals surface area contributed by atoms with E-state index in [1.165, 1.54) is 29.4 Å². The number of nitrogens with zero attached hydrogens (tertiary/aromatic N) is 2. The quantitative estimate of drug-likeness (QED) is 0.928. The van der Waals surface area contributed by atoms with E-state index in [0.29, 0.717) is 0 Å². The van der Waals surface area contributed by atoms with Gasteiger partial charge in [-0.3, -0.25) is 4.68 Å². The molecule has 0 amide bonds. The van der Waals surface area contributed by atoms with Crippen molar-refractivity contribution in [2.45, 2.75) is 58.5 Å². The second-order valence-corrected chi connectivity index (χ2v) is 6.85. The third-order valence-corrected chi connectivity index (χ3v) is 5.29. The topological polar surface area (TPSA) is 43.8 Å². The minimum Gasteiger partial charge on any atom is -0.324 e. The van der Waals surface area contributed by atoms with E-state index in [1.807, 2.05) is 0 Å². The normalized spacial score (nSPS) is 25.4. The fourth-order valence-corrected chi connectivity index (χ4v) is 3.63. The van der Waals surface area contributed by atoms with Crippen LogP contribution in [0, 0.1) is 5.41 Å². The molecule has 3 rings (SSSR count). The smallest absolute Gasteiger partial charge is 0.0721 e. The molecule has 1 atom stereocenters. The van der Waals surface area contributed by atoms with Crippen LogP contribution in [-0.4, -0.2) is 15.3 Å². The lowest BCUT2D eigenvalue weighted by atomic mass is 9.73. The van der Waals surface area contributed by atoms with Crippen molar-refractivity contribution < 1.29 is 0 Å². The lowest BCUT2D eigenvalue weighted by Gasteiger charge is -2.38. The number of benzene rings is 1. The molecule has 0 bridgehead atoms. The van der Waals surface area contributed by atoms with Crippen molar-refractivity contribution in [1.29, 1.82) is 0 Å². The van der Waals surface area contributed by atoms with Gasteiger partial charge in [0, 0.05) is 23.9 Å². The standard InChI is InChI=1S/C17H25N3/c1-4-20-15-9-6-5-8-13(15)14(19-20)12-17(18)11-7-10-16(17,2)3/h5-6,8-9H,4,7,10-12,18H2,1-3H3. The van der Waals surface area contributed by atoms with Gasteiger partial charge in [-0.05, 0) is 31.2 Å². The van der Waals surface area contributed by atoms with Crippen molar-refractivity contribution in [3.05, 3.63) is 30.0 Å². The maximum atomic E-state index is 6.76. The molecule has 3 heteroatoms. The van der Waals surface area contributed by atoms with Crippen molar-refractivity contribution in [1.82, 2.24) is 9.78 Å². The van der Waals surface area contributed by atoms with Gasteiger partial charge in [0.1, 0.15) is 0 Å². The molecule has 1 fully saturated rings. The molecular formula is C17H25N3. The minimum atomic E-state index is -0.122. The summed E-state index contributed by atoms with van der Waals surface area (Å²) in [6.45, 7) is 7.65. The number of aromatic nitrogens is 2. The summed E-state index contributed by atoms with van der Waals surface area (Å²) in [7, 11) is 0. The molecule has 0 saturated heterocycles. The van der Waals surface area contributed by atoms with E-state index in [4.69, 9.17) is 10.8 Å². The summed E-state index contributed by atoms with van der Waals surface area (Å²) < 4.78 is 2.09. The number of fused-ring (bicyclic) bond motifs is 1. The average molecular weight is 271 g/mol. The van der Waals surface area contributed by atoms with Gasteiger partial charge in [-0.2, -0.15) is 5.10 Å². The summed E-state index contributed by atoms with van der Waals surface area (Å²) in [5, 5.41) is 6.08. The zero-order valence-electron chi connectivity index (χ0n) is 12.8. The highest BCUT2D eigenvalue weighted by atomic mass is 15.3. The Labute approximate surface area is 121 Å². The number of para-hydroxylation sites is 1. The van der Waals surface area contributed by atoms with Crippen molar-refractivity contribution in [2.75, 3.05) is 0 Å². The first kappa shape index (κ1) is 13.6. The Balaban J connectivity index is 2.03. The highest BCUT2D eigenvalue weighted by Gasteiger charge is 2.46. The maximum absolute atomic E-state index is 6.76. The molecule has 0 radical (unpaired) electrons. The molecule has 1 aromatic heterocycles. The molecule has 1 aliphatic carbocycles. The second kappa shape index (κ2) is 4.59. The molecular weight excluding hydrogens is 246 g/mol. The largest absolute Gasteiger partial charge is 0.324 e. The molecule has 1 unspecified atom stereocenters. The Morgan fingerprint density at radius 2 is 2.00 bits per heavy atom. The first-order valence-electron chi connectivity index (χ1n) is 7.70. The average Bonchev–Trinajstić information content (AvgIpc) is 2.89. The highest BCUT2D eigenvalue weighted by molar-refractivity contribution is 5.82. The van der Waals surface area contributed by atoms with E-state index >= 15 is 0 Å². The molecule has 1 aliphatic rings. The molecule has 1 saturated carbocycles. The summed E-state index contributed by atoms with van der Waals surface area (Å²) in [4.78, 5) is 0. The van der Waals surface area contributed by atoms with Gasteiger partial charge in [-0.25, -0.2) is 0 Å². The fourth-order valence-electron chi connectivity index (χ4n) is 3.63. The third kappa shape index (κ3) is 1.96. The van der Waals surface area contributed by atoms with E-state index in [2.05, 4.69) is 49.7 Å². The molecule has 3 nitrogen and oxygen atoms in total. The molecule has 1 heterocycles. The predicted octanol–water partition coefficient (Wildman–Crippen LogP) is 3.51. The van der Waals surface area contributed by atoms with E-state index < -0.39 is 0 Å². The van der Waals surface area contributed by atoms with Gasteiger partial charge in [0.2, 0.25) is 0 Å². The fraction of sp³-hybridized carbons (Fsp3) is 0.588. The van der Waals surface area contributed by atoms with Crippen LogP contribution in [0.25, 0.3) is 10.9 Å². The number of aryl methyl sites for hydroxylation is 1. The zero-order valence-corrected chi connectivity index (χ0v) is 12.8. The second-order valence-electron chi connectivity index (χ2n) is 6.85. The van der Waals surface area contributed by atoms with Gasteiger partial charge in [0.25, 0.3) is 0 Å². The van der Waals surface area contributed by atoms with E-state index in [1.54, 1.807) is 0 Å². The SMILES string of the molecule is CCn1nc(CC2(N)CCCC2(C)C)c2ccccc21. The Kier molecular flexibility index (Phi) is 3.13. The molecule has 2 N–H and O–H groups in total. The number of hydrogen-bond acceptors (Lipinski definition) is 2. The Morgan fingerprint density at radius 3 is 2.65 bits per heavy atom. The molecule has 1 aromatic carbocycles.